The van der Waals surface area contributed by atoms with Crippen LogP contribution in [-0.2, 0) is 10.2 Å². The Morgan fingerprint density at radius 1 is 1.05 bits per heavy atom. The number of piperidine rings is 1. The second kappa shape index (κ2) is 6.52. The van der Waals surface area contributed by atoms with Crippen LogP contribution >= 0.6 is 0 Å². The largest absolute Gasteiger partial charge is 0.314 e. The Morgan fingerprint density at radius 2 is 1.76 bits per heavy atom. The Morgan fingerprint density at radius 3 is 2.38 bits per heavy atom. The van der Waals surface area contributed by atoms with Crippen LogP contribution < -0.4 is 5.32 Å². The molecule has 21 heavy (non-hydrogen) atoms. The summed E-state index contributed by atoms with van der Waals surface area (Å²) in [6, 6.07) is 0.978. The number of nitrogens with one attached hydrogen (secondary N) is 1. The molecular formula is C15H29N3O2S. The van der Waals surface area contributed by atoms with Gasteiger partial charge in [0.2, 0.25) is 0 Å². The molecule has 3 fully saturated rings. The van der Waals surface area contributed by atoms with E-state index in [2.05, 4.69) is 12.2 Å². The molecule has 3 rings (SSSR count). The summed E-state index contributed by atoms with van der Waals surface area (Å²) < 4.78 is 29.0. The van der Waals surface area contributed by atoms with Crippen molar-refractivity contribution in [1.29, 1.82) is 0 Å². The summed E-state index contributed by atoms with van der Waals surface area (Å²) in [7, 11) is -3.22. The smallest absolute Gasteiger partial charge is 0.282 e. The first kappa shape index (κ1) is 15.7. The number of hydrogen-bond acceptors (Lipinski definition) is 3. The van der Waals surface area contributed by atoms with E-state index in [-0.39, 0.29) is 6.04 Å². The minimum absolute atomic E-state index is 0.226. The minimum atomic E-state index is -3.22. The van der Waals surface area contributed by atoms with Gasteiger partial charge in [0, 0.05) is 31.7 Å². The molecule has 1 atom stereocenters. The molecule has 0 radical (unpaired) electrons. The molecule has 0 aromatic carbocycles. The lowest BCUT2D eigenvalue weighted by atomic mass is 9.98. The molecule has 1 N–H and O–H groups in total. The van der Waals surface area contributed by atoms with Crippen molar-refractivity contribution in [3.05, 3.63) is 0 Å². The van der Waals surface area contributed by atoms with E-state index in [1.807, 2.05) is 0 Å². The second-order valence-electron chi connectivity index (χ2n) is 6.85. The highest BCUT2D eigenvalue weighted by atomic mass is 32.2. The van der Waals surface area contributed by atoms with E-state index in [0.717, 1.165) is 44.7 Å². The predicted octanol–water partition coefficient (Wildman–Crippen LogP) is 1.57. The molecule has 2 heterocycles. The quantitative estimate of drug-likeness (QED) is 0.809. The summed E-state index contributed by atoms with van der Waals surface area (Å²) in [6.07, 6.45) is 7.62. The average molecular weight is 315 g/mol. The molecule has 1 saturated carbocycles. The Labute approximate surface area is 129 Å². The second-order valence-corrected chi connectivity index (χ2v) is 8.73. The van der Waals surface area contributed by atoms with Crippen LogP contribution in [-0.4, -0.2) is 55.3 Å². The van der Waals surface area contributed by atoms with Crippen molar-refractivity contribution < 1.29 is 8.42 Å². The molecule has 122 valence electrons. The summed E-state index contributed by atoms with van der Waals surface area (Å²) in [5, 5.41) is 3.57. The highest BCUT2D eigenvalue weighted by Crippen LogP contribution is 2.28. The Kier molecular flexibility index (Phi) is 4.88. The van der Waals surface area contributed by atoms with Crippen LogP contribution in [0.25, 0.3) is 0 Å². The molecule has 1 aliphatic carbocycles. The van der Waals surface area contributed by atoms with Crippen molar-refractivity contribution in [3.63, 3.8) is 0 Å². The first-order chi connectivity index (χ1) is 10.1. The lowest BCUT2D eigenvalue weighted by Crippen LogP contribution is -2.49. The van der Waals surface area contributed by atoms with Gasteiger partial charge in [0.1, 0.15) is 0 Å². The van der Waals surface area contributed by atoms with Gasteiger partial charge < -0.3 is 5.32 Å². The van der Waals surface area contributed by atoms with Crippen LogP contribution in [0.1, 0.15) is 51.9 Å². The van der Waals surface area contributed by atoms with Crippen molar-refractivity contribution in [2.24, 2.45) is 5.92 Å². The lowest BCUT2D eigenvalue weighted by Gasteiger charge is -2.35. The normalized spacial score (nSPS) is 30.0. The maximum Gasteiger partial charge on any atom is 0.282 e. The van der Waals surface area contributed by atoms with E-state index in [1.54, 1.807) is 8.61 Å². The van der Waals surface area contributed by atoms with Gasteiger partial charge in [-0.15, -0.1) is 0 Å². The predicted molar refractivity (Wildman–Crippen MR) is 84.3 cm³/mol. The van der Waals surface area contributed by atoms with E-state index in [9.17, 15) is 8.42 Å². The van der Waals surface area contributed by atoms with Crippen molar-refractivity contribution >= 4 is 10.2 Å². The molecule has 3 aliphatic rings. The molecule has 0 spiro atoms. The zero-order chi connectivity index (χ0) is 14.9. The first-order valence-electron chi connectivity index (χ1n) is 8.61. The van der Waals surface area contributed by atoms with Gasteiger partial charge in [0.25, 0.3) is 10.2 Å². The van der Waals surface area contributed by atoms with Gasteiger partial charge in [0.15, 0.2) is 0 Å². The monoisotopic (exact) mass is 315 g/mol. The van der Waals surface area contributed by atoms with E-state index in [4.69, 9.17) is 0 Å². The zero-order valence-electron chi connectivity index (χ0n) is 13.1. The molecule has 2 aliphatic heterocycles. The van der Waals surface area contributed by atoms with E-state index >= 15 is 0 Å². The molecule has 6 heteroatoms. The molecule has 0 amide bonds. The number of hydrogen-bond donors (Lipinski definition) is 1. The van der Waals surface area contributed by atoms with Crippen molar-refractivity contribution in [3.8, 4) is 0 Å². The van der Waals surface area contributed by atoms with Gasteiger partial charge in [-0.3, -0.25) is 0 Å². The minimum Gasteiger partial charge on any atom is -0.314 e. The highest BCUT2D eigenvalue weighted by Gasteiger charge is 2.38. The zero-order valence-corrected chi connectivity index (χ0v) is 13.9. The maximum absolute atomic E-state index is 12.8. The van der Waals surface area contributed by atoms with Crippen LogP contribution in [0.4, 0.5) is 0 Å². The third-order valence-corrected chi connectivity index (χ3v) is 7.35. The highest BCUT2D eigenvalue weighted by molar-refractivity contribution is 7.86. The molecule has 0 aromatic heterocycles. The van der Waals surface area contributed by atoms with Crippen LogP contribution in [0.5, 0.6) is 0 Å². The topological polar surface area (TPSA) is 52.7 Å². The summed E-state index contributed by atoms with van der Waals surface area (Å²) in [5.74, 6) is 0.651. The summed E-state index contributed by atoms with van der Waals surface area (Å²) in [5.41, 5.74) is 0. The third-order valence-electron chi connectivity index (χ3n) is 5.26. The van der Waals surface area contributed by atoms with Gasteiger partial charge in [-0.2, -0.15) is 17.0 Å². The van der Waals surface area contributed by atoms with E-state index in [1.165, 1.54) is 12.8 Å². The van der Waals surface area contributed by atoms with Crippen LogP contribution in [0.15, 0.2) is 0 Å². The van der Waals surface area contributed by atoms with Crippen molar-refractivity contribution in [2.45, 2.75) is 64.0 Å². The molecule has 2 saturated heterocycles. The van der Waals surface area contributed by atoms with Gasteiger partial charge in [0.05, 0.1) is 0 Å². The fourth-order valence-electron chi connectivity index (χ4n) is 3.63. The maximum atomic E-state index is 12.8. The van der Waals surface area contributed by atoms with Crippen molar-refractivity contribution in [2.75, 3.05) is 26.2 Å². The van der Waals surface area contributed by atoms with Gasteiger partial charge >= 0.3 is 0 Å². The molecular weight excluding hydrogens is 286 g/mol. The SMILES string of the molecule is CCC1CCCN1S(=O)(=O)N1CCC(CNC2CC2)CC1. The standard InChI is InChI=1S/C15H29N3O2S/c1-2-15-4-3-9-18(15)21(19,20)17-10-7-13(8-11-17)12-16-14-5-6-14/h13-16H,2-12H2,1H3. The van der Waals surface area contributed by atoms with Gasteiger partial charge in [-0.1, -0.05) is 6.92 Å². The molecule has 1 unspecified atom stereocenters. The average Bonchev–Trinajstić information content (AvgIpc) is 3.19. The van der Waals surface area contributed by atoms with E-state index in [0.29, 0.717) is 25.6 Å². The summed E-state index contributed by atoms with van der Waals surface area (Å²) >= 11 is 0. The molecule has 5 nitrogen and oxygen atoms in total. The van der Waals surface area contributed by atoms with Gasteiger partial charge in [-0.25, -0.2) is 0 Å². The van der Waals surface area contributed by atoms with E-state index < -0.39 is 10.2 Å². The van der Waals surface area contributed by atoms with Crippen LogP contribution in [0.2, 0.25) is 0 Å². The Hall–Kier alpha value is -0.170. The summed E-state index contributed by atoms with van der Waals surface area (Å²) in [4.78, 5) is 0. The Bertz CT molecular complexity index is 442. The molecule has 0 aromatic rings. The first-order valence-corrected chi connectivity index (χ1v) is 10.0. The fraction of sp³-hybridized carbons (Fsp3) is 1.00. The fourth-order valence-corrected chi connectivity index (χ4v) is 5.59. The molecule has 0 bridgehead atoms. The van der Waals surface area contributed by atoms with Crippen molar-refractivity contribution in [1.82, 2.24) is 13.9 Å². The van der Waals surface area contributed by atoms with Crippen LogP contribution in [0, 0.1) is 5.92 Å². The summed E-state index contributed by atoms with van der Waals surface area (Å²) in [6.45, 7) is 5.27. The van der Waals surface area contributed by atoms with Crippen LogP contribution in [0.3, 0.4) is 0 Å². The number of rotatable bonds is 6. The van der Waals surface area contributed by atoms with Gasteiger partial charge in [-0.05, 0) is 57.4 Å². The Balaban J connectivity index is 1.52. The number of nitrogens with zero attached hydrogens (tertiary/aromatic N) is 2. The third kappa shape index (κ3) is 3.60. The lowest BCUT2D eigenvalue weighted by molar-refractivity contribution is 0.244.